The number of fused-ring (bicyclic) bond motifs is 1. The van der Waals surface area contributed by atoms with E-state index in [4.69, 9.17) is 5.73 Å². The van der Waals surface area contributed by atoms with Crippen LogP contribution in [0.25, 0.3) is 10.1 Å². The molecule has 0 aliphatic heterocycles. The maximum absolute atomic E-state index is 6.59. The normalized spacial score (nSPS) is 15.6. The van der Waals surface area contributed by atoms with Crippen molar-refractivity contribution in [3.63, 3.8) is 0 Å². The maximum Gasteiger partial charge on any atom is 0.0444 e. The molecule has 0 spiro atoms. The maximum atomic E-state index is 6.59. The zero-order valence-electron chi connectivity index (χ0n) is 10.2. The van der Waals surface area contributed by atoms with E-state index in [9.17, 15) is 0 Å². The van der Waals surface area contributed by atoms with Gasteiger partial charge in [0.05, 0.1) is 0 Å². The van der Waals surface area contributed by atoms with Gasteiger partial charge in [-0.25, -0.2) is 0 Å². The van der Waals surface area contributed by atoms with Crippen molar-refractivity contribution in [1.82, 2.24) is 0 Å². The average Bonchev–Trinajstić information content (AvgIpc) is 2.75. The molecule has 0 aliphatic rings. The van der Waals surface area contributed by atoms with Crippen LogP contribution in [0.15, 0.2) is 29.6 Å². The fourth-order valence-electron chi connectivity index (χ4n) is 2.27. The molecule has 2 N–H and O–H groups in total. The zero-order valence-corrected chi connectivity index (χ0v) is 11.0. The zero-order chi connectivity index (χ0) is 11.8. The van der Waals surface area contributed by atoms with Gasteiger partial charge in [-0.3, -0.25) is 0 Å². The van der Waals surface area contributed by atoms with Crippen LogP contribution in [-0.2, 0) is 5.54 Å². The van der Waals surface area contributed by atoms with Crippen molar-refractivity contribution in [1.29, 1.82) is 0 Å². The Balaban J connectivity index is 2.65. The monoisotopic (exact) mass is 233 g/mol. The lowest BCUT2D eigenvalue weighted by molar-refractivity contribution is 0.309. The summed E-state index contributed by atoms with van der Waals surface area (Å²) in [5, 5.41) is 3.45. The number of thiophene rings is 1. The molecule has 1 aromatic carbocycles. The molecule has 1 nitrogen and oxygen atoms in total. The Morgan fingerprint density at radius 2 is 2.06 bits per heavy atom. The highest BCUT2D eigenvalue weighted by Gasteiger charge is 2.30. The molecular weight excluding hydrogens is 214 g/mol. The highest BCUT2D eigenvalue weighted by atomic mass is 32.1. The second-order valence-electron chi connectivity index (χ2n) is 4.69. The third-order valence-electron chi connectivity index (χ3n) is 3.60. The second kappa shape index (κ2) is 4.19. The fraction of sp³-hybridized carbons (Fsp3) is 0.429. The fourth-order valence-corrected chi connectivity index (χ4v) is 3.28. The van der Waals surface area contributed by atoms with Crippen LogP contribution < -0.4 is 5.73 Å². The molecule has 0 saturated carbocycles. The lowest BCUT2D eigenvalue weighted by atomic mass is 9.78. The van der Waals surface area contributed by atoms with Gasteiger partial charge >= 0.3 is 0 Å². The highest BCUT2D eigenvalue weighted by molar-refractivity contribution is 7.17. The number of rotatable bonds is 3. The van der Waals surface area contributed by atoms with E-state index in [-0.39, 0.29) is 5.54 Å². The van der Waals surface area contributed by atoms with E-state index in [1.165, 1.54) is 15.6 Å². The minimum absolute atomic E-state index is 0.204. The van der Waals surface area contributed by atoms with Crippen LogP contribution in [0.3, 0.4) is 0 Å². The van der Waals surface area contributed by atoms with Gasteiger partial charge in [-0.1, -0.05) is 39.0 Å². The van der Waals surface area contributed by atoms with Gasteiger partial charge < -0.3 is 5.73 Å². The SMILES string of the molecule is CCC(N)(c1cccc2ccsc12)C(C)C. The van der Waals surface area contributed by atoms with E-state index in [0.29, 0.717) is 5.92 Å². The van der Waals surface area contributed by atoms with E-state index in [1.54, 1.807) is 11.3 Å². The molecule has 16 heavy (non-hydrogen) atoms. The van der Waals surface area contributed by atoms with Crippen LogP contribution in [0.5, 0.6) is 0 Å². The van der Waals surface area contributed by atoms with Crippen molar-refractivity contribution in [2.24, 2.45) is 11.7 Å². The van der Waals surface area contributed by atoms with Crippen LogP contribution >= 0.6 is 11.3 Å². The first-order valence-corrected chi connectivity index (χ1v) is 6.73. The topological polar surface area (TPSA) is 26.0 Å². The predicted molar refractivity (Wildman–Crippen MR) is 72.8 cm³/mol. The Labute approximate surface area is 101 Å². The molecule has 0 aliphatic carbocycles. The Hall–Kier alpha value is -0.860. The van der Waals surface area contributed by atoms with Gasteiger partial charge in [0.1, 0.15) is 0 Å². The number of hydrogen-bond acceptors (Lipinski definition) is 2. The number of nitrogens with two attached hydrogens (primary N) is 1. The molecule has 1 atom stereocenters. The third kappa shape index (κ3) is 1.66. The van der Waals surface area contributed by atoms with Crippen molar-refractivity contribution in [3.8, 4) is 0 Å². The third-order valence-corrected chi connectivity index (χ3v) is 4.56. The van der Waals surface area contributed by atoms with E-state index in [2.05, 4.69) is 50.4 Å². The van der Waals surface area contributed by atoms with Gasteiger partial charge in [-0.05, 0) is 34.7 Å². The summed E-state index contributed by atoms with van der Waals surface area (Å²) in [4.78, 5) is 0. The van der Waals surface area contributed by atoms with Crippen molar-refractivity contribution < 1.29 is 0 Å². The molecule has 0 radical (unpaired) electrons. The lowest BCUT2D eigenvalue weighted by Crippen LogP contribution is -2.41. The van der Waals surface area contributed by atoms with Crippen LogP contribution in [0.4, 0.5) is 0 Å². The Kier molecular flexibility index (Phi) is 3.04. The molecule has 0 saturated heterocycles. The predicted octanol–water partition coefficient (Wildman–Crippen LogP) is 4.12. The van der Waals surface area contributed by atoms with E-state index in [0.717, 1.165) is 6.42 Å². The minimum atomic E-state index is -0.204. The summed E-state index contributed by atoms with van der Waals surface area (Å²) < 4.78 is 1.35. The molecule has 2 heteroatoms. The molecule has 1 heterocycles. The Bertz CT molecular complexity index is 486. The van der Waals surface area contributed by atoms with Gasteiger partial charge in [0, 0.05) is 10.2 Å². The van der Waals surface area contributed by atoms with E-state index in [1.807, 2.05) is 0 Å². The van der Waals surface area contributed by atoms with Gasteiger partial charge in [-0.2, -0.15) is 0 Å². The number of benzene rings is 1. The summed E-state index contributed by atoms with van der Waals surface area (Å²) in [6.45, 7) is 6.58. The van der Waals surface area contributed by atoms with E-state index >= 15 is 0 Å². The summed E-state index contributed by atoms with van der Waals surface area (Å²) in [7, 11) is 0. The largest absolute Gasteiger partial charge is 0.321 e. The smallest absolute Gasteiger partial charge is 0.0444 e. The van der Waals surface area contributed by atoms with Crippen LogP contribution in [-0.4, -0.2) is 0 Å². The summed E-state index contributed by atoms with van der Waals surface area (Å²) in [6, 6.07) is 8.62. The summed E-state index contributed by atoms with van der Waals surface area (Å²) in [5.74, 6) is 0.449. The van der Waals surface area contributed by atoms with Crippen LogP contribution in [0.2, 0.25) is 0 Å². The molecule has 86 valence electrons. The molecule has 1 unspecified atom stereocenters. The average molecular weight is 233 g/mol. The molecule has 1 aromatic heterocycles. The van der Waals surface area contributed by atoms with Crippen molar-refractivity contribution in [2.45, 2.75) is 32.7 Å². The summed E-state index contributed by atoms with van der Waals surface area (Å²) in [6.07, 6.45) is 0.974. The Morgan fingerprint density at radius 1 is 1.31 bits per heavy atom. The molecular formula is C14H19NS. The van der Waals surface area contributed by atoms with Crippen LogP contribution in [0.1, 0.15) is 32.8 Å². The molecule has 0 fully saturated rings. The summed E-state index contributed by atoms with van der Waals surface area (Å²) >= 11 is 1.79. The molecule has 2 aromatic rings. The first-order valence-electron chi connectivity index (χ1n) is 5.85. The van der Waals surface area contributed by atoms with Crippen molar-refractivity contribution >= 4 is 21.4 Å². The summed E-state index contributed by atoms with van der Waals surface area (Å²) in [5.41, 5.74) is 7.69. The van der Waals surface area contributed by atoms with E-state index < -0.39 is 0 Å². The molecule has 0 amide bonds. The van der Waals surface area contributed by atoms with Gasteiger partial charge in [-0.15, -0.1) is 11.3 Å². The van der Waals surface area contributed by atoms with Gasteiger partial charge in [0.25, 0.3) is 0 Å². The van der Waals surface area contributed by atoms with Crippen molar-refractivity contribution in [2.75, 3.05) is 0 Å². The molecule has 0 bridgehead atoms. The second-order valence-corrected chi connectivity index (χ2v) is 5.61. The first kappa shape index (κ1) is 11.6. The first-order chi connectivity index (χ1) is 7.59. The van der Waals surface area contributed by atoms with Gasteiger partial charge in [0.2, 0.25) is 0 Å². The minimum Gasteiger partial charge on any atom is -0.321 e. The number of hydrogen-bond donors (Lipinski definition) is 1. The molecule has 2 rings (SSSR count). The highest BCUT2D eigenvalue weighted by Crippen LogP contribution is 2.37. The standard InChI is InChI=1S/C14H19NS/c1-4-14(15,10(2)3)12-7-5-6-11-8-9-16-13(11)12/h5-10H,4,15H2,1-3H3. The van der Waals surface area contributed by atoms with Crippen LogP contribution in [0, 0.1) is 5.92 Å². The lowest BCUT2D eigenvalue weighted by Gasteiger charge is -2.33. The Morgan fingerprint density at radius 3 is 2.69 bits per heavy atom. The quantitative estimate of drug-likeness (QED) is 0.848. The van der Waals surface area contributed by atoms with Gasteiger partial charge in [0.15, 0.2) is 0 Å². The van der Waals surface area contributed by atoms with Crippen molar-refractivity contribution in [3.05, 3.63) is 35.2 Å².